The second-order valence-corrected chi connectivity index (χ2v) is 12.9. The largest absolute Gasteiger partial charge is 0.456 e. The summed E-state index contributed by atoms with van der Waals surface area (Å²) in [6, 6.07) is 19.6. The number of pyridine rings is 1. The van der Waals surface area contributed by atoms with Gasteiger partial charge >= 0.3 is 0 Å². The molecule has 0 aliphatic carbocycles. The topological polar surface area (TPSA) is 22.1 Å². The van der Waals surface area contributed by atoms with Gasteiger partial charge in [0.15, 0.2) is 0 Å². The van der Waals surface area contributed by atoms with Crippen LogP contribution in [0.1, 0.15) is 59.6 Å². The molecule has 0 unspecified atom stereocenters. The number of aromatic nitrogens is 1. The number of benzene rings is 4. The molecule has 6 rings (SSSR count). The predicted molar refractivity (Wildman–Crippen MR) is 153 cm³/mol. The Morgan fingerprint density at radius 1 is 0.806 bits per heavy atom. The van der Waals surface area contributed by atoms with E-state index in [4.69, 9.17) is 11.1 Å². The van der Waals surface area contributed by atoms with Crippen molar-refractivity contribution in [3.63, 3.8) is 0 Å². The Kier molecular flexibility index (Phi) is 4.74. The van der Waals surface area contributed by atoms with Crippen LogP contribution in [0, 0.1) is 17.8 Å². The minimum atomic E-state index is 0.0832. The summed E-state index contributed by atoms with van der Waals surface area (Å²) in [7, 11) is 0. The van der Waals surface area contributed by atoms with Crippen molar-refractivity contribution in [3.8, 4) is 22.8 Å². The zero-order chi connectivity index (χ0) is 26.3. The summed E-state index contributed by atoms with van der Waals surface area (Å²) in [5, 5.41) is 6.85. The number of rotatable bonds is 2. The van der Waals surface area contributed by atoms with Gasteiger partial charge in [-0.1, -0.05) is 83.5 Å². The molecule has 0 saturated heterocycles. The second-order valence-electron chi connectivity index (χ2n) is 12.9. The third-order valence-electron chi connectivity index (χ3n) is 7.15. The molecule has 0 radical (unpaired) electrons. The molecule has 0 spiro atoms. The third-order valence-corrected chi connectivity index (χ3v) is 7.15. The van der Waals surface area contributed by atoms with Crippen molar-refractivity contribution in [1.29, 1.82) is 0 Å². The molecule has 4 aromatic carbocycles. The summed E-state index contributed by atoms with van der Waals surface area (Å²) in [6.45, 7) is 15.8. The Labute approximate surface area is 215 Å². The molecule has 0 atom stereocenters. The Hall–Kier alpha value is -3.39. The van der Waals surface area contributed by atoms with Crippen LogP contribution >= 0.6 is 0 Å². The molecule has 0 saturated carbocycles. The number of nitrogens with zero attached hydrogens (tertiary/aromatic N) is 1. The van der Waals surface area contributed by atoms with Gasteiger partial charge in [-0.05, 0) is 81.3 Å². The molecule has 1 aliphatic heterocycles. The Morgan fingerprint density at radius 3 is 2.33 bits per heavy atom. The Morgan fingerprint density at radius 2 is 1.58 bits per heavy atom. The average Bonchev–Trinajstić information content (AvgIpc) is 2.78. The van der Waals surface area contributed by atoms with Gasteiger partial charge in [0, 0.05) is 17.3 Å². The van der Waals surface area contributed by atoms with E-state index in [1.165, 1.54) is 32.8 Å². The Bertz CT molecular complexity index is 1730. The number of hydrogen-bond acceptors (Lipinski definition) is 2. The van der Waals surface area contributed by atoms with E-state index in [0.717, 1.165) is 51.8 Å². The quantitative estimate of drug-likeness (QED) is 0.233. The lowest BCUT2D eigenvalue weighted by molar-refractivity contribution is 0.400. The van der Waals surface area contributed by atoms with Crippen LogP contribution in [0.2, 0.25) is 0 Å². The van der Waals surface area contributed by atoms with Gasteiger partial charge in [-0.2, -0.15) is 0 Å². The van der Waals surface area contributed by atoms with E-state index in [0.29, 0.717) is 0 Å². The van der Waals surface area contributed by atoms with Gasteiger partial charge in [-0.25, -0.2) is 0 Å². The van der Waals surface area contributed by atoms with Crippen LogP contribution in [0.25, 0.3) is 43.6 Å². The zero-order valence-corrected chi connectivity index (χ0v) is 22.5. The first-order valence-electron chi connectivity index (χ1n) is 13.5. The van der Waals surface area contributed by atoms with Crippen LogP contribution < -0.4 is 4.74 Å². The highest BCUT2D eigenvalue weighted by Gasteiger charge is 2.29. The first-order valence-corrected chi connectivity index (χ1v) is 13.0. The van der Waals surface area contributed by atoms with Gasteiger partial charge in [0.05, 0.1) is 12.5 Å². The fourth-order valence-corrected chi connectivity index (χ4v) is 5.79. The molecular formula is C34H35NO. The van der Waals surface area contributed by atoms with E-state index in [-0.39, 0.29) is 17.0 Å². The van der Waals surface area contributed by atoms with E-state index in [2.05, 4.69) is 97.0 Å². The fourth-order valence-electron chi connectivity index (χ4n) is 5.79. The van der Waals surface area contributed by atoms with Crippen molar-refractivity contribution < 1.29 is 6.11 Å². The molecule has 0 amide bonds. The third kappa shape index (κ3) is 3.84. The first-order chi connectivity index (χ1) is 17.4. The highest BCUT2D eigenvalue weighted by Crippen LogP contribution is 2.52. The van der Waals surface area contributed by atoms with Crippen molar-refractivity contribution in [1.82, 2.24) is 4.98 Å². The predicted octanol–water partition coefficient (Wildman–Crippen LogP) is 9.80. The summed E-state index contributed by atoms with van der Waals surface area (Å²) in [6.07, 6.45) is 2.14. The molecule has 0 N–H and O–H groups in total. The molecule has 0 bridgehead atoms. The highest BCUT2D eigenvalue weighted by molar-refractivity contribution is 6.17. The van der Waals surface area contributed by atoms with E-state index in [9.17, 15) is 0 Å². The van der Waals surface area contributed by atoms with Gasteiger partial charge in [0.25, 0.3) is 0 Å². The van der Waals surface area contributed by atoms with Crippen LogP contribution in [0.5, 0.6) is 11.5 Å². The maximum Gasteiger partial charge on any atom is 0.140 e. The van der Waals surface area contributed by atoms with Crippen LogP contribution in [-0.2, 0) is 12.8 Å². The normalized spacial score (nSPS) is 13.7. The maximum atomic E-state index is 8.67. The zero-order valence-electron chi connectivity index (χ0n) is 23.5. The summed E-state index contributed by atoms with van der Waals surface area (Å²) >= 11 is 0. The molecule has 36 heavy (non-hydrogen) atoms. The van der Waals surface area contributed by atoms with Crippen molar-refractivity contribution in [3.05, 3.63) is 77.5 Å². The number of fused-ring (bicyclic) bond motifs is 5. The number of hydrogen-bond donors (Lipinski definition) is 0. The molecule has 0 fully saturated rings. The van der Waals surface area contributed by atoms with E-state index >= 15 is 0 Å². The summed E-state index contributed by atoms with van der Waals surface area (Å²) < 4.78 is 15.6. The molecule has 1 aliphatic rings. The minimum Gasteiger partial charge on any atom is -0.456 e. The molecular weight excluding hydrogens is 438 g/mol. The smallest absolute Gasteiger partial charge is 0.140 e. The minimum absolute atomic E-state index is 0.0832. The lowest BCUT2D eigenvalue weighted by Gasteiger charge is -2.28. The molecule has 5 aromatic rings. The van der Waals surface area contributed by atoms with Crippen LogP contribution in [0.3, 0.4) is 0 Å². The highest BCUT2D eigenvalue weighted by atomic mass is 16.5. The van der Waals surface area contributed by atoms with Crippen molar-refractivity contribution in [2.24, 2.45) is 10.8 Å². The summed E-state index contributed by atoms with van der Waals surface area (Å²) in [4.78, 5) is 4.82. The van der Waals surface area contributed by atoms with E-state index < -0.39 is 0 Å². The van der Waals surface area contributed by atoms with Crippen LogP contribution in [0.4, 0.5) is 0 Å². The molecule has 2 heteroatoms. The van der Waals surface area contributed by atoms with Crippen LogP contribution in [0.15, 0.2) is 60.8 Å². The average molecular weight is 475 g/mol. The molecule has 2 heterocycles. The number of ether oxygens (including phenoxy) is 1. The van der Waals surface area contributed by atoms with Gasteiger partial charge in [0.2, 0.25) is 0 Å². The van der Waals surface area contributed by atoms with Gasteiger partial charge in [-0.3, -0.25) is 4.98 Å². The molecule has 1 aromatic heterocycles. The standard InChI is InChI=1S/C34H35NO/c1-20-11-12-23-22(15-20)16-27-31-30-25(13-14-35-31)24-10-8-9-21(18-33(2,3)4)26(24)17-29(30)36-32(27)28(23)19-34(5,6)7/h8-17H,18-19H2,1-7H3/i14D. The monoisotopic (exact) mass is 474 g/mol. The summed E-state index contributed by atoms with van der Waals surface area (Å²) in [5.41, 5.74) is 5.87. The van der Waals surface area contributed by atoms with Gasteiger partial charge in [0.1, 0.15) is 11.5 Å². The molecule has 2 nitrogen and oxygen atoms in total. The van der Waals surface area contributed by atoms with Crippen molar-refractivity contribution in [2.75, 3.05) is 0 Å². The Balaban J connectivity index is 1.73. The van der Waals surface area contributed by atoms with Gasteiger partial charge < -0.3 is 4.74 Å². The number of aryl methyl sites for hydroxylation is 1. The SMILES string of the molecule is [2H]c1cc2c3c(cc4c(CC(C)(C)C)cccc42)Oc2c(cc4cc(C)ccc4c2CC(C)(C)C)-c3n1. The van der Waals surface area contributed by atoms with Crippen LogP contribution in [-0.4, -0.2) is 4.98 Å². The van der Waals surface area contributed by atoms with E-state index in [1.54, 1.807) is 0 Å². The lowest BCUT2D eigenvalue weighted by atomic mass is 9.82. The first kappa shape index (κ1) is 21.9. The summed E-state index contributed by atoms with van der Waals surface area (Å²) in [5.74, 6) is 1.74. The van der Waals surface area contributed by atoms with Crippen molar-refractivity contribution >= 4 is 32.3 Å². The van der Waals surface area contributed by atoms with Gasteiger partial charge in [-0.15, -0.1) is 0 Å². The van der Waals surface area contributed by atoms with E-state index in [1.807, 2.05) is 6.07 Å². The molecule has 182 valence electrons. The second kappa shape index (κ2) is 7.80. The lowest BCUT2D eigenvalue weighted by Crippen LogP contribution is -2.12. The fraction of sp³-hybridized carbons (Fsp3) is 0.324. The maximum absolute atomic E-state index is 8.67. The van der Waals surface area contributed by atoms with Crippen molar-refractivity contribution in [2.45, 2.75) is 61.3 Å².